The minimum Gasteiger partial charge on any atom is -0.494 e. The van der Waals surface area contributed by atoms with Crippen molar-refractivity contribution in [1.82, 2.24) is 19.4 Å². The molecule has 0 bridgehead atoms. The Hall–Kier alpha value is -3.26. The number of rotatable bonds is 5. The highest BCUT2D eigenvalue weighted by molar-refractivity contribution is 5.80. The van der Waals surface area contributed by atoms with Gasteiger partial charge in [-0.1, -0.05) is 18.2 Å². The SMILES string of the molecule is COc1ccc(CN2CCN(C(=O)Cn3c(=O)cnc4ccccc43)CC2)cc1F. The molecule has 1 aromatic heterocycles. The lowest BCUT2D eigenvalue weighted by molar-refractivity contribution is -0.133. The number of methoxy groups -OCH3 is 1. The van der Waals surface area contributed by atoms with E-state index in [1.165, 1.54) is 23.9 Å². The van der Waals surface area contributed by atoms with E-state index in [0.717, 1.165) is 5.56 Å². The number of aromatic nitrogens is 2. The lowest BCUT2D eigenvalue weighted by Gasteiger charge is -2.35. The smallest absolute Gasteiger partial charge is 0.269 e. The van der Waals surface area contributed by atoms with Crippen molar-refractivity contribution in [2.75, 3.05) is 33.3 Å². The fourth-order valence-corrected chi connectivity index (χ4v) is 3.73. The number of hydrogen-bond acceptors (Lipinski definition) is 5. The van der Waals surface area contributed by atoms with E-state index < -0.39 is 0 Å². The first kappa shape index (κ1) is 20.0. The number of benzene rings is 2. The van der Waals surface area contributed by atoms with E-state index in [1.807, 2.05) is 24.3 Å². The van der Waals surface area contributed by atoms with Crippen LogP contribution in [-0.4, -0.2) is 58.5 Å². The average molecular weight is 410 g/mol. The zero-order valence-corrected chi connectivity index (χ0v) is 16.8. The van der Waals surface area contributed by atoms with Crippen LogP contribution in [0.1, 0.15) is 5.56 Å². The maximum atomic E-state index is 13.9. The lowest BCUT2D eigenvalue weighted by atomic mass is 10.2. The van der Waals surface area contributed by atoms with Crippen LogP contribution < -0.4 is 10.3 Å². The second-order valence-corrected chi connectivity index (χ2v) is 7.30. The van der Waals surface area contributed by atoms with Gasteiger partial charge in [-0.2, -0.15) is 0 Å². The van der Waals surface area contributed by atoms with E-state index in [1.54, 1.807) is 17.0 Å². The maximum Gasteiger partial charge on any atom is 0.269 e. The van der Waals surface area contributed by atoms with Crippen molar-refractivity contribution < 1.29 is 13.9 Å². The second-order valence-electron chi connectivity index (χ2n) is 7.30. The molecule has 1 aliphatic rings. The fourth-order valence-electron chi connectivity index (χ4n) is 3.73. The highest BCUT2D eigenvalue weighted by atomic mass is 19.1. The lowest BCUT2D eigenvalue weighted by Crippen LogP contribution is -2.49. The summed E-state index contributed by atoms with van der Waals surface area (Å²) in [5.41, 5.74) is 1.91. The third-order valence-corrected chi connectivity index (χ3v) is 5.39. The Balaban J connectivity index is 1.38. The van der Waals surface area contributed by atoms with Crippen molar-refractivity contribution >= 4 is 16.9 Å². The summed E-state index contributed by atoms with van der Waals surface area (Å²) in [5.74, 6) is -0.240. The van der Waals surface area contributed by atoms with Gasteiger partial charge in [-0.05, 0) is 29.8 Å². The minimum atomic E-state index is -0.376. The van der Waals surface area contributed by atoms with Crippen LogP contribution in [0.15, 0.2) is 53.5 Å². The van der Waals surface area contributed by atoms with Crippen LogP contribution in [0.5, 0.6) is 5.75 Å². The Bertz CT molecular complexity index is 1120. The molecule has 1 amide bonds. The number of hydrogen-bond donors (Lipinski definition) is 0. The van der Waals surface area contributed by atoms with Crippen molar-refractivity contribution in [3.63, 3.8) is 0 Å². The van der Waals surface area contributed by atoms with Crippen LogP contribution in [0, 0.1) is 5.82 Å². The highest BCUT2D eigenvalue weighted by Crippen LogP contribution is 2.19. The standard InChI is InChI=1S/C22H23FN4O3/c1-30-20-7-6-16(12-17(20)23)14-25-8-10-26(11-9-25)22(29)15-27-19-5-3-2-4-18(19)24-13-21(27)28/h2-7,12-13H,8-11,14-15H2,1H3. The molecule has 8 heteroatoms. The van der Waals surface area contributed by atoms with Crippen LogP contribution in [0.3, 0.4) is 0 Å². The minimum absolute atomic E-state index is 0.00838. The van der Waals surface area contributed by atoms with Gasteiger partial charge < -0.3 is 9.64 Å². The largest absolute Gasteiger partial charge is 0.494 e. The number of para-hydroxylation sites is 2. The monoisotopic (exact) mass is 410 g/mol. The molecule has 0 radical (unpaired) electrons. The van der Waals surface area contributed by atoms with E-state index in [0.29, 0.717) is 43.8 Å². The zero-order chi connectivity index (χ0) is 21.1. The molecular weight excluding hydrogens is 387 g/mol. The van der Waals surface area contributed by atoms with E-state index in [-0.39, 0.29) is 29.6 Å². The number of carbonyl (C=O) groups excluding carboxylic acids is 1. The molecule has 30 heavy (non-hydrogen) atoms. The molecule has 1 saturated heterocycles. The van der Waals surface area contributed by atoms with Gasteiger partial charge >= 0.3 is 0 Å². The van der Waals surface area contributed by atoms with Gasteiger partial charge in [0.2, 0.25) is 5.91 Å². The summed E-state index contributed by atoms with van der Waals surface area (Å²) >= 11 is 0. The molecule has 0 N–H and O–H groups in total. The van der Waals surface area contributed by atoms with Crippen molar-refractivity contribution in [2.24, 2.45) is 0 Å². The second kappa shape index (κ2) is 8.62. The molecule has 156 valence electrons. The first-order chi connectivity index (χ1) is 14.5. The molecule has 3 aromatic rings. The maximum absolute atomic E-state index is 13.9. The summed E-state index contributed by atoms with van der Waals surface area (Å²) in [6.07, 6.45) is 1.25. The average Bonchev–Trinajstić information content (AvgIpc) is 2.76. The number of carbonyl (C=O) groups is 1. The summed E-state index contributed by atoms with van der Waals surface area (Å²) in [5, 5.41) is 0. The number of fused-ring (bicyclic) bond motifs is 1. The first-order valence-corrected chi connectivity index (χ1v) is 9.82. The van der Waals surface area contributed by atoms with Gasteiger partial charge in [-0.25, -0.2) is 9.37 Å². The Morgan fingerprint density at radius 3 is 2.63 bits per heavy atom. The number of halogens is 1. The third-order valence-electron chi connectivity index (χ3n) is 5.39. The molecular formula is C22H23FN4O3. The van der Waals surface area contributed by atoms with Gasteiger partial charge in [0.05, 0.1) is 24.3 Å². The molecule has 0 atom stereocenters. The van der Waals surface area contributed by atoms with Crippen LogP contribution >= 0.6 is 0 Å². The topological polar surface area (TPSA) is 67.7 Å². The Kier molecular flexibility index (Phi) is 5.76. The molecule has 1 fully saturated rings. The molecule has 0 unspecified atom stereocenters. The normalized spacial score (nSPS) is 14.8. The summed E-state index contributed by atoms with van der Waals surface area (Å²) in [7, 11) is 1.44. The molecule has 0 spiro atoms. The summed E-state index contributed by atoms with van der Waals surface area (Å²) < 4.78 is 20.3. The highest BCUT2D eigenvalue weighted by Gasteiger charge is 2.22. The first-order valence-electron chi connectivity index (χ1n) is 9.82. The summed E-state index contributed by atoms with van der Waals surface area (Å²) in [4.78, 5) is 33.1. The van der Waals surface area contributed by atoms with E-state index >= 15 is 0 Å². The van der Waals surface area contributed by atoms with E-state index in [9.17, 15) is 14.0 Å². The molecule has 0 aliphatic carbocycles. The summed E-state index contributed by atoms with van der Waals surface area (Å²) in [6.45, 7) is 3.10. The van der Waals surface area contributed by atoms with Crippen molar-refractivity contribution in [2.45, 2.75) is 13.1 Å². The predicted octanol–water partition coefficient (Wildman–Crippen LogP) is 1.89. The Labute approximate surface area is 173 Å². The molecule has 0 saturated carbocycles. The van der Waals surface area contributed by atoms with E-state index in [2.05, 4.69) is 9.88 Å². The number of ether oxygens (including phenoxy) is 1. The zero-order valence-electron chi connectivity index (χ0n) is 16.8. The third kappa shape index (κ3) is 4.18. The van der Waals surface area contributed by atoms with Crippen molar-refractivity contribution in [1.29, 1.82) is 0 Å². The van der Waals surface area contributed by atoms with Crippen LogP contribution in [0.25, 0.3) is 11.0 Å². The predicted molar refractivity (Wildman–Crippen MR) is 111 cm³/mol. The van der Waals surface area contributed by atoms with Crippen LogP contribution in [0.4, 0.5) is 4.39 Å². The van der Waals surface area contributed by atoms with Gasteiger partial charge in [0.15, 0.2) is 11.6 Å². The van der Waals surface area contributed by atoms with E-state index in [4.69, 9.17) is 4.74 Å². The molecule has 4 rings (SSSR count). The Morgan fingerprint density at radius 1 is 1.13 bits per heavy atom. The van der Waals surface area contributed by atoms with Gasteiger partial charge in [0.25, 0.3) is 5.56 Å². The number of piperazine rings is 1. The van der Waals surface area contributed by atoms with Crippen molar-refractivity contribution in [3.05, 3.63) is 70.4 Å². The Morgan fingerprint density at radius 2 is 1.90 bits per heavy atom. The van der Waals surface area contributed by atoms with Crippen LogP contribution in [-0.2, 0) is 17.9 Å². The molecule has 2 aromatic carbocycles. The van der Waals surface area contributed by atoms with Crippen LogP contribution in [0.2, 0.25) is 0 Å². The molecule has 2 heterocycles. The van der Waals surface area contributed by atoms with Gasteiger partial charge in [-0.3, -0.25) is 19.1 Å². The van der Waals surface area contributed by atoms with Crippen molar-refractivity contribution in [3.8, 4) is 5.75 Å². The fraction of sp³-hybridized carbons (Fsp3) is 0.318. The quantitative estimate of drug-likeness (QED) is 0.643. The van der Waals surface area contributed by atoms with Gasteiger partial charge in [-0.15, -0.1) is 0 Å². The molecule has 1 aliphatic heterocycles. The molecule has 7 nitrogen and oxygen atoms in total. The number of nitrogens with zero attached hydrogens (tertiary/aromatic N) is 4. The van der Waals surface area contributed by atoms with Gasteiger partial charge in [0.1, 0.15) is 6.54 Å². The van der Waals surface area contributed by atoms with Gasteiger partial charge in [0, 0.05) is 32.7 Å². The number of amides is 1. The summed E-state index contributed by atoms with van der Waals surface area (Å²) in [6, 6.07) is 12.2.